The van der Waals surface area contributed by atoms with Crippen molar-refractivity contribution >= 4 is 5.69 Å². The van der Waals surface area contributed by atoms with Gasteiger partial charge in [0.25, 0.3) is 0 Å². The van der Waals surface area contributed by atoms with Crippen LogP contribution in [0.25, 0.3) is 0 Å². The summed E-state index contributed by atoms with van der Waals surface area (Å²) in [4.78, 5) is 2.37. The zero-order valence-electron chi connectivity index (χ0n) is 12.7. The smallest absolute Gasteiger partial charge is 0.101 e. The van der Waals surface area contributed by atoms with Crippen LogP contribution in [0.15, 0.2) is 24.3 Å². The van der Waals surface area contributed by atoms with E-state index in [1.165, 1.54) is 45.1 Å². The molecule has 112 valence electrons. The van der Waals surface area contributed by atoms with Crippen molar-refractivity contribution in [1.29, 1.82) is 5.26 Å². The van der Waals surface area contributed by atoms with Crippen molar-refractivity contribution in [2.75, 3.05) is 24.5 Å². The van der Waals surface area contributed by atoms with E-state index in [9.17, 15) is 5.26 Å². The Morgan fingerprint density at radius 2 is 1.81 bits per heavy atom. The van der Waals surface area contributed by atoms with Crippen LogP contribution in [0.4, 0.5) is 5.69 Å². The number of benzene rings is 1. The molecule has 1 aromatic rings. The lowest BCUT2D eigenvalue weighted by molar-refractivity contribution is 0.377. The van der Waals surface area contributed by atoms with Gasteiger partial charge in [0.2, 0.25) is 0 Å². The van der Waals surface area contributed by atoms with Gasteiger partial charge in [0, 0.05) is 19.1 Å². The number of piperidine rings is 1. The molecule has 0 spiro atoms. The molecule has 1 aliphatic heterocycles. The summed E-state index contributed by atoms with van der Waals surface area (Å²) >= 11 is 0. The maximum absolute atomic E-state index is 9.22. The molecule has 1 saturated heterocycles. The molecule has 1 N–H and O–H groups in total. The summed E-state index contributed by atoms with van der Waals surface area (Å²) in [6, 6.07) is 10.9. The Bertz CT molecular complexity index is 491. The highest BCUT2D eigenvalue weighted by Gasteiger charge is 2.22. The molecule has 2 fully saturated rings. The van der Waals surface area contributed by atoms with Crippen molar-refractivity contribution in [3.05, 3.63) is 29.8 Å². The van der Waals surface area contributed by atoms with E-state index in [1.807, 2.05) is 18.2 Å². The molecule has 0 radical (unpaired) electrons. The monoisotopic (exact) mass is 283 g/mol. The third-order valence-electron chi connectivity index (χ3n) is 5.03. The second-order valence-electron chi connectivity index (χ2n) is 6.45. The van der Waals surface area contributed by atoms with Crippen LogP contribution in [0.5, 0.6) is 0 Å². The predicted molar refractivity (Wildman–Crippen MR) is 86.4 cm³/mol. The van der Waals surface area contributed by atoms with Crippen molar-refractivity contribution in [3.63, 3.8) is 0 Å². The molecule has 1 aliphatic carbocycles. The number of hydrogen-bond acceptors (Lipinski definition) is 3. The third kappa shape index (κ3) is 3.57. The van der Waals surface area contributed by atoms with Crippen LogP contribution in [0.2, 0.25) is 0 Å². The average molecular weight is 283 g/mol. The standard InChI is InChI=1S/C18H25N3/c19-13-16-7-3-4-8-18(16)21-11-9-17(10-12-21)20-14-15-5-1-2-6-15/h3-4,7-8,15,17,20H,1-2,5-6,9-12,14H2. The Morgan fingerprint density at radius 3 is 2.52 bits per heavy atom. The first-order chi connectivity index (χ1) is 10.4. The summed E-state index contributed by atoms with van der Waals surface area (Å²) in [6.07, 6.45) is 8.06. The molecule has 0 aromatic heterocycles. The number of hydrogen-bond donors (Lipinski definition) is 1. The van der Waals surface area contributed by atoms with Crippen molar-refractivity contribution in [2.45, 2.75) is 44.6 Å². The van der Waals surface area contributed by atoms with Gasteiger partial charge in [-0.2, -0.15) is 5.26 Å². The van der Waals surface area contributed by atoms with Gasteiger partial charge in [-0.15, -0.1) is 0 Å². The second kappa shape index (κ2) is 6.95. The van der Waals surface area contributed by atoms with Crippen LogP contribution < -0.4 is 10.2 Å². The zero-order chi connectivity index (χ0) is 14.5. The van der Waals surface area contributed by atoms with E-state index in [-0.39, 0.29) is 0 Å². The summed E-state index contributed by atoms with van der Waals surface area (Å²) in [6.45, 7) is 3.32. The van der Waals surface area contributed by atoms with Gasteiger partial charge < -0.3 is 10.2 Å². The molecule has 3 nitrogen and oxygen atoms in total. The number of nitrogens with one attached hydrogen (secondary N) is 1. The van der Waals surface area contributed by atoms with Gasteiger partial charge in [-0.05, 0) is 50.3 Å². The van der Waals surface area contributed by atoms with E-state index < -0.39 is 0 Å². The average Bonchev–Trinajstić information content (AvgIpc) is 3.07. The minimum Gasteiger partial charge on any atom is -0.370 e. The highest BCUT2D eigenvalue weighted by atomic mass is 15.1. The predicted octanol–water partition coefficient (Wildman–Crippen LogP) is 3.31. The molecule has 3 rings (SSSR count). The lowest BCUT2D eigenvalue weighted by Gasteiger charge is -2.35. The summed E-state index contributed by atoms with van der Waals surface area (Å²) in [5, 5.41) is 13.0. The van der Waals surface area contributed by atoms with E-state index in [0.717, 1.165) is 30.3 Å². The SMILES string of the molecule is N#Cc1ccccc1N1CCC(NCC2CCCC2)CC1. The Balaban J connectivity index is 1.49. The van der Waals surface area contributed by atoms with Crippen LogP contribution >= 0.6 is 0 Å². The van der Waals surface area contributed by atoms with Crippen LogP contribution in [0.3, 0.4) is 0 Å². The number of nitrogens with zero attached hydrogens (tertiary/aromatic N) is 2. The van der Waals surface area contributed by atoms with Gasteiger partial charge in [-0.3, -0.25) is 0 Å². The van der Waals surface area contributed by atoms with E-state index in [1.54, 1.807) is 0 Å². The van der Waals surface area contributed by atoms with Gasteiger partial charge in [-0.1, -0.05) is 25.0 Å². The van der Waals surface area contributed by atoms with Gasteiger partial charge in [0.15, 0.2) is 0 Å². The van der Waals surface area contributed by atoms with E-state index in [4.69, 9.17) is 0 Å². The van der Waals surface area contributed by atoms with E-state index in [0.29, 0.717) is 6.04 Å². The summed E-state index contributed by atoms with van der Waals surface area (Å²) in [7, 11) is 0. The largest absolute Gasteiger partial charge is 0.370 e. The van der Waals surface area contributed by atoms with Crippen molar-refractivity contribution in [3.8, 4) is 6.07 Å². The van der Waals surface area contributed by atoms with Crippen molar-refractivity contribution in [1.82, 2.24) is 5.32 Å². The minimum absolute atomic E-state index is 0.663. The molecule has 1 saturated carbocycles. The summed E-state index contributed by atoms with van der Waals surface area (Å²) < 4.78 is 0. The zero-order valence-corrected chi connectivity index (χ0v) is 12.7. The molecule has 1 aromatic carbocycles. The normalized spacial score (nSPS) is 20.6. The van der Waals surface area contributed by atoms with Crippen molar-refractivity contribution in [2.24, 2.45) is 5.92 Å². The van der Waals surface area contributed by atoms with E-state index >= 15 is 0 Å². The fraction of sp³-hybridized carbons (Fsp3) is 0.611. The first kappa shape index (κ1) is 14.4. The van der Waals surface area contributed by atoms with Crippen LogP contribution in [0, 0.1) is 17.2 Å². The quantitative estimate of drug-likeness (QED) is 0.921. The van der Waals surface area contributed by atoms with Crippen molar-refractivity contribution < 1.29 is 0 Å². The first-order valence-corrected chi connectivity index (χ1v) is 8.34. The Hall–Kier alpha value is -1.53. The number of anilines is 1. The second-order valence-corrected chi connectivity index (χ2v) is 6.45. The first-order valence-electron chi connectivity index (χ1n) is 8.34. The molecule has 0 amide bonds. The van der Waals surface area contributed by atoms with Gasteiger partial charge in [-0.25, -0.2) is 0 Å². The molecule has 0 bridgehead atoms. The fourth-order valence-corrected chi connectivity index (χ4v) is 3.72. The highest BCUT2D eigenvalue weighted by molar-refractivity contribution is 5.59. The lowest BCUT2D eigenvalue weighted by Crippen LogP contribution is -2.44. The number of rotatable bonds is 4. The Labute approximate surface area is 128 Å². The minimum atomic E-state index is 0.663. The molecule has 0 atom stereocenters. The molecule has 21 heavy (non-hydrogen) atoms. The molecule has 3 heteroatoms. The maximum Gasteiger partial charge on any atom is 0.101 e. The maximum atomic E-state index is 9.22. The summed E-state index contributed by atoms with van der Waals surface area (Å²) in [5.41, 5.74) is 1.91. The lowest BCUT2D eigenvalue weighted by atomic mass is 10.0. The molecular formula is C18H25N3. The summed E-state index contributed by atoms with van der Waals surface area (Å²) in [5.74, 6) is 0.919. The molecule has 0 unspecified atom stereocenters. The molecule has 2 aliphatic rings. The number of nitriles is 1. The van der Waals surface area contributed by atoms with Gasteiger partial charge >= 0.3 is 0 Å². The number of para-hydroxylation sites is 1. The Kier molecular flexibility index (Phi) is 4.77. The fourth-order valence-electron chi connectivity index (χ4n) is 3.72. The van der Waals surface area contributed by atoms with E-state index in [2.05, 4.69) is 22.4 Å². The third-order valence-corrected chi connectivity index (χ3v) is 5.03. The molecular weight excluding hydrogens is 258 g/mol. The van der Waals surface area contributed by atoms with Crippen LogP contribution in [0.1, 0.15) is 44.1 Å². The Morgan fingerprint density at radius 1 is 1.10 bits per heavy atom. The molecule has 1 heterocycles. The van der Waals surface area contributed by atoms with Crippen LogP contribution in [-0.2, 0) is 0 Å². The highest BCUT2D eigenvalue weighted by Crippen LogP contribution is 2.26. The van der Waals surface area contributed by atoms with Crippen LogP contribution in [-0.4, -0.2) is 25.7 Å². The van der Waals surface area contributed by atoms with Gasteiger partial charge in [0.05, 0.1) is 11.3 Å². The topological polar surface area (TPSA) is 39.1 Å². The van der Waals surface area contributed by atoms with Gasteiger partial charge in [0.1, 0.15) is 6.07 Å².